The highest BCUT2D eigenvalue weighted by Gasteiger charge is 2.16. The molecule has 0 aliphatic carbocycles. The molecule has 1 aliphatic heterocycles. The molecule has 0 spiro atoms. The van der Waals surface area contributed by atoms with Gasteiger partial charge in [-0.25, -0.2) is 4.98 Å². The van der Waals surface area contributed by atoms with Crippen LogP contribution in [0, 0.1) is 0 Å². The van der Waals surface area contributed by atoms with Crippen molar-refractivity contribution >= 4 is 11.6 Å². The first-order valence-corrected chi connectivity index (χ1v) is 6.80. The molecule has 4 nitrogen and oxygen atoms in total. The standard InChI is InChI=1S/C12H21ClN4/c1-15-7-4-14-12(15)2-5-16-8-10-17(6-3-13)11-9-16/h4,7H,2-3,5-6,8-11H2,1H3. The third-order valence-corrected chi connectivity index (χ3v) is 3.61. The van der Waals surface area contributed by atoms with Crippen molar-refractivity contribution in [3.8, 4) is 0 Å². The van der Waals surface area contributed by atoms with E-state index in [2.05, 4.69) is 26.4 Å². The molecule has 0 saturated carbocycles. The van der Waals surface area contributed by atoms with E-state index in [-0.39, 0.29) is 0 Å². The molecule has 0 aromatic carbocycles. The summed E-state index contributed by atoms with van der Waals surface area (Å²) in [6, 6.07) is 0. The molecule has 2 rings (SSSR count). The maximum atomic E-state index is 5.75. The molecule has 0 amide bonds. The van der Waals surface area contributed by atoms with Gasteiger partial charge in [-0.1, -0.05) is 0 Å². The van der Waals surface area contributed by atoms with E-state index in [1.807, 2.05) is 12.4 Å². The summed E-state index contributed by atoms with van der Waals surface area (Å²) in [5, 5.41) is 0. The van der Waals surface area contributed by atoms with Crippen LogP contribution < -0.4 is 0 Å². The molecule has 2 heterocycles. The van der Waals surface area contributed by atoms with Crippen LogP contribution in [0.4, 0.5) is 0 Å². The number of alkyl halides is 1. The van der Waals surface area contributed by atoms with Crippen LogP contribution in [-0.2, 0) is 13.5 Å². The largest absolute Gasteiger partial charge is 0.338 e. The van der Waals surface area contributed by atoms with Gasteiger partial charge in [0.05, 0.1) is 0 Å². The van der Waals surface area contributed by atoms with Crippen molar-refractivity contribution in [2.75, 3.05) is 45.1 Å². The van der Waals surface area contributed by atoms with Gasteiger partial charge in [0.25, 0.3) is 0 Å². The van der Waals surface area contributed by atoms with Crippen LogP contribution >= 0.6 is 11.6 Å². The molecule has 5 heteroatoms. The van der Waals surface area contributed by atoms with Gasteiger partial charge in [0.1, 0.15) is 5.82 Å². The Morgan fingerprint density at radius 3 is 2.35 bits per heavy atom. The van der Waals surface area contributed by atoms with Crippen molar-refractivity contribution in [1.29, 1.82) is 0 Å². The number of rotatable bonds is 5. The quantitative estimate of drug-likeness (QED) is 0.729. The van der Waals surface area contributed by atoms with Crippen LogP contribution in [-0.4, -0.2) is 64.5 Å². The highest BCUT2D eigenvalue weighted by Crippen LogP contribution is 2.04. The van der Waals surface area contributed by atoms with E-state index in [0.717, 1.165) is 51.6 Å². The molecule has 0 bridgehead atoms. The van der Waals surface area contributed by atoms with Crippen molar-refractivity contribution in [3.05, 3.63) is 18.2 Å². The van der Waals surface area contributed by atoms with Gasteiger partial charge >= 0.3 is 0 Å². The lowest BCUT2D eigenvalue weighted by molar-refractivity contribution is 0.138. The first kappa shape index (κ1) is 12.9. The Morgan fingerprint density at radius 1 is 1.18 bits per heavy atom. The third-order valence-electron chi connectivity index (χ3n) is 3.44. The predicted molar refractivity (Wildman–Crippen MR) is 70.5 cm³/mol. The molecule has 17 heavy (non-hydrogen) atoms. The van der Waals surface area contributed by atoms with Gasteiger partial charge in [-0.05, 0) is 0 Å². The monoisotopic (exact) mass is 256 g/mol. The summed E-state index contributed by atoms with van der Waals surface area (Å²) in [6.07, 6.45) is 4.92. The molecular formula is C12H21ClN4. The first-order chi connectivity index (χ1) is 8.29. The number of nitrogens with zero attached hydrogens (tertiary/aromatic N) is 4. The van der Waals surface area contributed by atoms with E-state index in [1.165, 1.54) is 5.82 Å². The Kier molecular flexibility index (Phi) is 4.83. The van der Waals surface area contributed by atoms with Crippen molar-refractivity contribution in [1.82, 2.24) is 19.4 Å². The minimum absolute atomic E-state index is 0.743. The molecule has 1 saturated heterocycles. The van der Waals surface area contributed by atoms with Crippen LogP contribution in [0.3, 0.4) is 0 Å². The lowest BCUT2D eigenvalue weighted by Crippen LogP contribution is -2.47. The number of piperazine rings is 1. The fourth-order valence-corrected chi connectivity index (χ4v) is 2.49. The molecule has 1 aromatic heterocycles. The second-order valence-electron chi connectivity index (χ2n) is 4.58. The zero-order chi connectivity index (χ0) is 12.1. The van der Waals surface area contributed by atoms with Crippen LogP contribution in [0.25, 0.3) is 0 Å². The zero-order valence-corrected chi connectivity index (χ0v) is 11.2. The summed E-state index contributed by atoms with van der Waals surface area (Å²) in [4.78, 5) is 9.30. The highest BCUT2D eigenvalue weighted by molar-refractivity contribution is 6.18. The smallest absolute Gasteiger partial charge is 0.109 e. The number of aromatic nitrogens is 2. The Labute approximate surface area is 108 Å². The molecule has 96 valence electrons. The maximum absolute atomic E-state index is 5.75. The molecule has 1 fully saturated rings. The fraction of sp³-hybridized carbons (Fsp3) is 0.750. The summed E-state index contributed by atoms with van der Waals surface area (Å²) in [5.74, 6) is 1.92. The predicted octanol–water partition coefficient (Wildman–Crippen LogP) is 0.819. The molecule has 0 N–H and O–H groups in total. The van der Waals surface area contributed by atoms with E-state index in [9.17, 15) is 0 Å². The fourth-order valence-electron chi connectivity index (χ4n) is 2.25. The summed E-state index contributed by atoms with van der Waals surface area (Å²) < 4.78 is 2.10. The highest BCUT2D eigenvalue weighted by atomic mass is 35.5. The van der Waals surface area contributed by atoms with Gasteiger partial charge in [-0.3, -0.25) is 4.90 Å². The Bertz CT molecular complexity index is 331. The third kappa shape index (κ3) is 3.69. The Hall–Kier alpha value is -0.580. The summed E-state index contributed by atoms with van der Waals surface area (Å²) in [7, 11) is 2.06. The number of imidazole rings is 1. The van der Waals surface area contributed by atoms with Gasteiger partial charge in [0, 0.05) is 71.0 Å². The minimum atomic E-state index is 0.743. The van der Waals surface area contributed by atoms with Crippen molar-refractivity contribution in [3.63, 3.8) is 0 Å². The number of hydrogen-bond acceptors (Lipinski definition) is 3. The van der Waals surface area contributed by atoms with E-state index in [4.69, 9.17) is 11.6 Å². The van der Waals surface area contributed by atoms with Gasteiger partial charge in [-0.15, -0.1) is 11.6 Å². The lowest BCUT2D eigenvalue weighted by Gasteiger charge is -2.34. The van der Waals surface area contributed by atoms with Crippen LogP contribution in [0.15, 0.2) is 12.4 Å². The molecule has 0 unspecified atom stereocenters. The number of halogens is 1. The number of hydrogen-bond donors (Lipinski definition) is 0. The van der Waals surface area contributed by atoms with E-state index in [1.54, 1.807) is 0 Å². The molecule has 0 atom stereocenters. The van der Waals surface area contributed by atoms with E-state index < -0.39 is 0 Å². The normalized spacial score (nSPS) is 18.7. The van der Waals surface area contributed by atoms with E-state index in [0.29, 0.717) is 0 Å². The van der Waals surface area contributed by atoms with Crippen molar-refractivity contribution in [2.45, 2.75) is 6.42 Å². The number of aryl methyl sites for hydroxylation is 1. The summed E-state index contributed by atoms with van der Waals surface area (Å²) >= 11 is 5.75. The topological polar surface area (TPSA) is 24.3 Å². The van der Waals surface area contributed by atoms with Gasteiger partial charge in [0.2, 0.25) is 0 Å². The van der Waals surface area contributed by atoms with Crippen LogP contribution in [0.2, 0.25) is 0 Å². The lowest BCUT2D eigenvalue weighted by atomic mass is 10.3. The second-order valence-corrected chi connectivity index (χ2v) is 4.95. The van der Waals surface area contributed by atoms with Gasteiger partial charge in [0.15, 0.2) is 0 Å². The SMILES string of the molecule is Cn1ccnc1CCN1CCN(CCCl)CC1. The molecule has 1 aliphatic rings. The van der Waals surface area contributed by atoms with Gasteiger partial charge in [-0.2, -0.15) is 0 Å². The summed E-state index contributed by atoms with van der Waals surface area (Å²) in [6.45, 7) is 6.73. The Morgan fingerprint density at radius 2 is 1.82 bits per heavy atom. The second kappa shape index (κ2) is 6.38. The zero-order valence-electron chi connectivity index (χ0n) is 10.5. The maximum Gasteiger partial charge on any atom is 0.109 e. The van der Waals surface area contributed by atoms with E-state index >= 15 is 0 Å². The first-order valence-electron chi connectivity index (χ1n) is 6.26. The molecule has 1 aromatic rings. The van der Waals surface area contributed by atoms with Crippen LogP contribution in [0.5, 0.6) is 0 Å². The average Bonchev–Trinajstić information content (AvgIpc) is 2.75. The van der Waals surface area contributed by atoms with Crippen molar-refractivity contribution < 1.29 is 0 Å². The summed E-state index contributed by atoms with van der Waals surface area (Å²) in [5.41, 5.74) is 0. The van der Waals surface area contributed by atoms with Crippen molar-refractivity contribution in [2.24, 2.45) is 7.05 Å². The molecular weight excluding hydrogens is 236 g/mol. The molecule has 0 radical (unpaired) electrons. The Balaban J connectivity index is 1.70. The minimum Gasteiger partial charge on any atom is -0.338 e. The van der Waals surface area contributed by atoms with Gasteiger partial charge < -0.3 is 9.47 Å². The van der Waals surface area contributed by atoms with Crippen LogP contribution in [0.1, 0.15) is 5.82 Å². The average molecular weight is 257 g/mol.